The Morgan fingerprint density at radius 1 is 0.800 bits per heavy atom. The van der Waals surface area contributed by atoms with E-state index in [1.807, 2.05) is 0 Å². The number of rotatable bonds is 8. The Balaban J connectivity index is 1.99. The van der Waals surface area contributed by atoms with Gasteiger partial charge in [-0.25, -0.2) is 0 Å². The second-order valence-corrected chi connectivity index (χ2v) is 4.95. The van der Waals surface area contributed by atoms with Gasteiger partial charge >= 0.3 is 0 Å². The van der Waals surface area contributed by atoms with Gasteiger partial charge in [-0.15, -0.1) is 0 Å². The smallest absolute Gasteiger partial charge is 0.262 e. The third-order valence-corrected chi connectivity index (χ3v) is 3.36. The zero-order chi connectivity index (χ0) is 18.2. The number of carbonyl (C=O) groups excluding carboxylic acids is 1. The molecule has 0 aromatic heterocycles. The number of methoxy groups -OCH3 is 4. The second-order valence-electron chi connectivity index (χ2n) is 4.95. The molecule has 0 aliphatic heterocycles. The number of carbonyl (C=O) groups is 1. The summed E-state index contributed by atoms with van der Waals surface area (Å²) >= 11 is 0. The summed E-state index contributed by atoms with van der Waals surface area (Å²) in [5.74, 6) is 2.43. The average Bonchev–Trinajstić information content (AvgIpc) is 2.65. The summed E-state index contributed by atoms with van der Waals surface area (Å²) in [7, 11) is 6.17. The highest BCUT2D eigenvalue weighted by Gasteiger charge is 2.09. The second kappa shape index (κ2) is 8.68. The van der Waals surface area contributed by atoms with E-state index in [4.69, 9.17) is 23.7 Å². The van der Waals surface area contributed by atoms with E-state index in [1.165, 1.54) is 7.11 Å². The fourth-order valence-corrected chi connectivity index (χ4v) is 2.12. The third kappa shape index (κ3) is 4.94. The van der Waals surface area contributed by atoms with Crippen LogP contribution in [-0.2, 0) is 4.79 Å². The molecule has 0 atom stereocenters. The Labute approximate surface area is 146 Å². The monoisotopic (exact) mass is 347 g/mol. The highest BCUT2D eigenvalue weighted by molar-refractivity contribution is 5.92. The molecular formula is C18H21NO6. The SMILES string of the molecule is COc1cc(OC)cc(OCC(=O)Nc2ccc(OC)c(OC)c2)c1. The number of anilines is 1. The van der Waals surface area contributed by atoms with Crippen LogP contribution in [0, 0.1) is 0 Å². The van der Waals surface area contributed by atoms with E-state index in [9.17, 15) is 4.79 Å². The van der Waals surface area contributed by atoms with Crippen LogP contribution in [-0.4, -0.2) is 41.0 Å². The van der Waals surface area contributed by atoms with E-state index in [-0.39, 0.29) is 12.5 Å². The Bertz CT molecular complexity index is 709. The largest absolute Gasteiger partial charge is 0.496 e. The van der Waals surface area contributed by atoms with Crippen molar-refractivity contribution in [2.75, 3.05) is 40.4 Å². The number of hydrogen-bond acceptors (Lipinski definition) is 6. The number of benzene rings is 2. The van der Waals surface area contributed by atoms with Crippen molar-refractivity contribution < 1.29 is 28.5 Å². The van der Waals surface area contributed by atoms with Crippen molar-refractivity contribution in [1.82, 2.24) is 0 Å². The molecule has 2 rings (SSSR count). The Morgan fingerprint density at radius 3 is 1.96 bits per heavy atom. The molecule has 134 valence electrons. The van der Waals surface area contributed by atoms with E-state index in [2.05, 4.69) is 5.32 Å². The number of ether oxygens (including phenoxy) is 5. The molecule has 1 amide bonds. The Morgan fingerprint density at radius 2 is 1.40 bits per heavy atom. The van der Waals surface area contributed by atoms with Gasteiger partial charge in [-0.2, -0.15) is 0 Å². The number of hydrogen-bond donors (Lipinski definition) is 1. The van der Waals surface area contributed by atoms with Gasteiger partial charge in [0.1, 0.15) is 17.2 Å². The first kappa shape index (κ1) is 18.3. The summed E-state index contributed by atoms with van der Waals surface area (Å²) in [6.07, 6.45) is 0. The molecule has 1 N–H and O–H groups in total. The summed E-state index contributed by atoms with van der Waals surface area (Å²) in [4.78, 5) is 12.1. The van der Waals surface area contributed by atoms with Crippen LogP contribution in [0.2, 0.25) is 0 Å². The number of nitrogens with one attached hydrogen (secondary N) is 1. The molecular weight excluding hydrogens is 326 g/mol. The van der Waals surface area contributed by atoms with Gasteiger partial charge in [0.15, 0.2) is 18.1 Å². The maximum absolute atomic E-state index is 12.1. The lowest BCUT2D eigenvalue weighted by Crippen LogP contribution is -2.20. The first-order valence-electron chi connectivity index (χ1n) is 7.47. The van der Waals surface area contributed by atoms with Crippen molar-refractivity contribution in [2.24, 2.45) is 0 Å². The molecule has 7 heteroatoms. The van der Waals surface area contributed by atoms with Gasteiger partial charge in [0.25, 0.3) is 5.91 Å². The molecule has 7 nitrogen and oxygen atoms in total. The highest BCUT2D eigenvalue weighted by Crippen LogP contribution is 2.30. The molecule has 0 aliphatic rings. The van der Waals surface area contributed by atoms with Gasteiger partial charge in [-0.1, -0.05) is 0 Å². The van der Waals surface area contributed by atoms with Crippen LogP contribution < -0.4 is 29.0 Å². The van der Waals surface area contributed by atoms with E-state index < -0.39 is 0 Å². The van der Waals surface area contributed by atoms with Crippen molar-refractivity contribution in [3.8, 4) is 28.7 Å². The predicted octanol–water partition coefficient (Wildman–Crippen LogP) is 2.74. The van der Waals surface area contributed by atoms with Crippen molar-refractivity contribution in [2.45, 2.75) is 0 Å². The van der Waals surface area contributed by atoms with Crippen LogP contribution in [0.15, 0.2) is 36.4 Å². The Kier molecular flexibility index (Phi) is 6.33. The molecule has 0 spiro atoms. The van der Waals surface area contributed by atoms with Gasteiger partial charge in [-0.3, -0.25) is 4.79 Å². The summed E-state index contributed by atoms with van der Waals surface area (Å²) in [6.45, 7) is -0.162. The lowest BCUT2D eigenvalue weighted by molar-refractivity contribution is -0.118. The summed E-state index contributed by atoms with van der Waals surface area (Å²) in [6, 6.07) is 10.2. The first-order chi connectivity index (χ1) is 12.1. The molecule has 25 heavy (non-hydrogen) atoms. The van der Waals surface area contributed by atoms with Crippen LogP contribution in [0.3, 0.4) is 0 Å². The maximum Gasteiger partial charge on any atom is 0.262 e. The van der Waals surface area contributed by atoms with Gasteiger partial charge in [-0.05, 0) is 12.1 Å². The lowest BCUT2D eigenvalue weighted by atomic mass is 10.2. The van der Waals surface area contributed by atoms with Crippen molar-refractivity contribution in [3.05, 3.63) is 36.4 Å². The topological polar surface area (TPSA) is 75.3 Å². The van der Waals surface area contributed by atoms with Gasteiger partial charge in [0.2, 0.25) is 0 Å². The predicted molar refractivity (Wildman–Crippen MR) is 93.2 cm³/mol. The average molecular weight is 347 g/mol. The molecule has 0 saturated heterocycles. The van der Waals surface area contributed by atoms with Crippen LogP contribution in [0.4, 0.5) is 5.69 Å². The molecule has 0 fully saturated rings. The van der Waals surface area contributed by atoms with Gasteiger partial charge in [0.05, 0.1) is 28.4 Å². The molecule has 2 aromatic rings. The Hall–Kier alpha value is -3.09. The maximum atomic E-state index is 12.1. The molecule has 0 heterocycles. The quantitative estimate of drug-likeness (QED) is 0.791. The zero-order valence-electron chi connectivity index (χ0n) is 14.6. The van der Waals surface area contributed by atoms with Crippen molar-refractivity contribution in [3.63, 3.8) is 0 Å². The van der Waals surface area contributed by atoms with Crippen LogP contribution in [0.1, 0.15) is 0 Å². The minimum atomic E-state index is -0.311. The van der Waals surface area contributed by atoms with Crippen LogP contribution >= 0.6 is 0 Å². The fourth-order valence-electron chi connectivity index (χ4n) is 2.12. The minimum Gasteiger partial charge on any atom is -0.496 e. The molecule has 0 aliphatic carbocycles. The van der Waals surface area contributed by atoms with Crippen LogP contribution in [0.5, 0.6) is 28.7 Å². The van der Waals surface area contributed by atoms with E-state index >= 15 is 0 Å². The third-order valence-electron chi connectivity index (χ3n) is 3.36. The van der Waals surface area contributed by atoms with Crippen molar-refractivity contribution in [1.29, 1.82) is 0 Å². The van der Waals surface area contributed by atoms with E-state index in [0.717, 1.165) is 0 Å². The fraction of sp³-hybridized carbons (Fsp3) is 0.278. The molecule has 0 saturated carbocycles. The summed E-state index contributed by atoms with van der Waals surface area (Å²) < 4.78 is 26.2. The normalized spacial score (nSPS) is 9.92. The lowest BCUT2D eigenvalue weighted by Gasteiger charge is -2.12. The molecule has 2 aromatic carbocycles. The van der Waals surface area contributed by atoms with Crippen molar-refractivity contribution >= 4 is 11.6 Å². The zero-order valence-corrected chi connectivity index (χ0v) is 14.6. The van der Waals surface area contributed by atoms with Gasteiger partial charge < -0.3 is 29.0 Å². The summed E-state index contributed by atoms with van der Waals surface area (Å²) in [5, 5.41) is 2.73. The highest BCUT2D eigenvalue weighted by atomic mass is 16.5. The number of amides is 1. The van der Waals surface area contributed by atoms with E-state index in [1.54, 1.807) is 57.7 Å². The molecule has 0 radical (unpaired) electrons. The van der Waals surface area contributed by atoms with Gasteiger partial charge in [0, 0.05) is 30.0 Å². The molecule has 0 bridgehead atoms. The molecule has 0 unspecified atom stereocenters. The standard InChI is InChI=1S/C18H21NO6/c1-21-13-8-14(22-2)10-15(9-13)25-11-18(20)19-12-5-6-16(23-3)17(7-12)24-4/h5-10H,11H2,1-4H3,(H,19,20). The minimum absolute atomic E-state index is 0.162. The van der Waals surface area contributed by atoms with E-state index in [0.29, 0.717) is 34.4 Å². The summed E-state index contributed by atoms with van der Waals surface area (Å²) in [5.41, 5.74) is 0.578. The van der Waals surface area contributed by atoms with Crippen LogP contribution in [0.25, 0.3) is 0 Å². The first-order valence-corrected chi connectivity index (χ1v) is 7.47.